The van der Waals surface area contributed by atoms with Crippen molar-refractivity contribution in [2.75, 3.05) is 6.54 Å². The summed E-state index contributed by atoms with van der Waals surface area (Å²) in [7, 11) is 0. The Morgan fingerprint density at radius 3 is 2.63 bits per heavy atom. The maximum absolute atomic E-state index is 5.81. The molecule has 4 nitrogen and oxygen atoms in total. The third-order valence-corrected chi connectivity index (χ3v) is 3.66. The number of thiazole rings is 1. The van der Waals surface area contributed by atoms with Gasteiger partial charge in [0.1, 0.15) is 0 Å². The van der Waals surface area contributed by atoms with Crippen LogP contribution in [0.4, 0.5) is 0 Å². The molecule has 0 aromatic carbocycles. The first kappa shape index (κ1) is 18.6. The van der Waals surface area contributed by atoms with Gasteiger partial charge in [-0.15, -0.1) is 35.3 Å². The Hall–Kier alpha value is -0.370. The molecule has 0 fully saturated rings. The average molecular weight is 396 g/mol. The maximum Gasteiger partial charge on any atom is 0.188 e. The summed E-state index contributed by atoms with van der Waals surface area (Å²) in [4.78, 5) is 9.97. The molecule has 6 heteroatoms. The number of unbranched alkanes of at least 4 members (excludes halogenated alkanes) is 3. The highest BCUT2D eigenvalue weighted by molar-refractivity contribution is 14.0. The third kappa shape index (κ3) is 7.71. The maximum atomic E-state index is 5.81. The number of aromatic nitrogens is 1. The summed E-state index contributed by atoms with van der Waals surface area (Å²) in [5.74, 6) is 0.525. The van der Waals surface area contributed by atoms with Crippen molar-refractivity contribution in [3.63, 3.8) is 0 Å². The number of hydrogen-bond donors (Lipinski definition) is 2. The third-order valence-electron chi connectivity index (χ3n) is 2.74. The van der Waals surface area contributed by atoms with Crippen molar-refractivity contribution in [1.82, 2.24) is 10.3 Å². The molecule has 0 unspecified atom stereocenters. The van der Waals surface area contributed by atoms with Crippen LogP contribution in [0.25, 0.3) is 0 Å². The largest absolute Gasteiger partial charge is 0.370 e. The van der Waals surface area contributed by atoms with Crippen molar-refractivity contribution >= 4 is 41.3 Å². The van der Waals surface area contributed by atoms with Crippen LogP contribution >= 0.6 is 35.3 Å². The minimum absolute atomic E-state index is 0. The molecule has 0 amide bonds. The summed E-state index contributed by atoms with van der Waals surface area (Å²) in [6.45, 7) is 7.78. The van der Waals surface area contributed by atoms with Crippen molar-refractivity contribution in [3.8, 4) is 0 Å². The van der Waals surface area contributed by atoms with Gasteiger partial charge in [-0.2, -0.15) is 0 Å². The van der Waals surface area contributed by atoms with Gasteiger partial charge in [-0.25, -0.2) is 9.98 Å². The Morgan fingerprint density at radius 1 is 1.32 bits per heavy atom. The predicted molar refractivity (Wildman–Crippen MR) is 94.5 cm³/mol. The molecule has 1 rings (SSSR count). The van der Waals surface area contributed by atoms with Gasteiger partial charge in [-0.1, -0.05) is 26.2 Å². The highest BCUT2D eigenvalue weighted by Gasteiger charge is 2.03. The van der Waals surface area contributed by atoms with Crippen LogP contribution in [-0.2, 0) is 6.54 Å². The first-order valence-electron chi connectivity index (χ1n) is 6.60. The molecule has 1 aromatic rings. The van der Waals surface area contributed by atoms with Gasteiger partial charge in [0.2, 0.25) is 0 Å². The fraction of sp³-hybridized carbons (Fsp3) is 0.692. The standard InChI is InChI=1S/C13H24N4S.HI/c1-4-5-6-7-8-15-13(14)16-9-12-10(2)18-11(3)17-12;/h4-9H2,1-3H3,(H3,14,15,16);1H. The Morgan fingerprint density at radius 2 is 2.05 bits per heavy atom. The van der Waals surface area contributed by atoms with Gasteiger partial charge in [-0.3, -0.25) is 0 Å². The molecule has 110 valence electrons. The average Bonchev–Trinajstić information content (AvgIpc) is 2.65. The molecule has 1 heterocycles. The Kier molecular flexibility index (Phi) is 10.2. The first-order valence-corrected chi connectivity index (χ1v) is 7.41. The van der Waals surface area contributed by atoms with Crippen LogP contribution in [0, 0.1) is 13.8 Å². The van der Waals surface area contributed by atoms with Crippen molar-refractivity contribution in [2.45, 2.75) is 53.0 Å². The normalized spacial score (nSPS) is 11.2. The lowest BCUT2D eigenvalue weighted by Crippen LogP contribution is -2.32. The van der Waals surface area contributed by atoms with E-state index in [4.69, 9.17) is 5.73 Å². The Balaban J connectivity index is 0.00000324. The second-order valence-corrected chi connectivity index (χ2v) is 5.83. The smallest absolute Gasteiger partial charge is 0.188 e. The molecule has 0 saturated heterocycles. The van der Waals surface area contributed by atoms with Crippen molar-refractivity contribution in [3.05, 3.63) is 15.6 Å². The van der Waals surface area contributed by atoms with E-state index in [9.17, 15) is 0 Å². The summed E-state index contributed by atoms with van der Waals surface area (Å²) in [5.41, 5.74) is 6.84. The first-order chi connectivity index (χ1) is 8.63. The van der Waals surface area contributed by atoms with Crippen LogP contribution in [0.3, 0.4) is 0 Å². The summed E-state index contributed by atoms with van der Waals surface area (Å²) in [6, 6.07) is 0. The number of aryl methyl sites for hydroxylation is 2. The topological polar surface area (TPSA) is 63.3 Å². The van der Waals surface area contributed by atoms with E-state index in [0.29, 0.717) is 12.5 Å². The second-order valence-electron chi connectivity index (χ2n) is 4.42. The Labute approximate surface area is 137 Å². The number of nitrogens with two attached hydrogens (primary N) is 1. The van der Waals surface area contributed by atoms with E-state index in [0.717, 1.165) is 23.7 Å². The van der Waals surface area contributed by atoms with Crippen molar-refractivity contribution in [1.29, 1.82) is 0 Å². The molecule has 3 N–H and O–H groups in total. The number of nitrogens with zero attached hydrogens (tertiary/aromatic N) is 2. The minimum Gasteiger partial charge on any atom is -0.370 e. The van der Waals surface area contributed by atoms with E-state index >= 15 is 0 Å². The summed E-state index contributed by atoms with van der Waals surface area (Å²) in [5, 5.41) is 4.23. The summed E-state index contributed by atoms with van der Waals surface area (Å²) >= 11 is 1.71. The van der Waals surface area contributed by atoms with Crippen molar-refractivity contribution in [2.24, 2.45) is 10.7 Å². The lowest BCUT2D eigenvalue weighted by atomic mass is 10.2. The number of guanidine groups is 1. The minimum atomic E-state index is 0. The van der Waals surface area contributed by atoms with Crippen LogP contribution in [0.2, 0.25) is 0 Å². The van der Waals surface area contributed by atoms with Crippen molar-refractivity contribution < 1.29 is 0 Å². The van der Waals surface area contributed by atoms with E-state index in [1.165, 1.54) is 24.1 Å². The monoisotopic (exact) mass is 396 g/mol. The predicted octanol–water partition coefficient (Wildman–Crippen LogP) is 3.36. The van der Waals surface area contributed by atoms with E-state index in [-0.39, 0.29) is 24.0 Å². The fourth-order valence-electron chi connectivity index (χ4n) is 1.70. The molecule has 0 spiro atoms. The lowest BCUT2D eigenvalue weighted by molar-refractivity contribution is 0.652. The van der Waals surface area contributed by atoms with Crippen LogP contribution in [0.15, 0.2) is 4.99 Å². The van der Waals surface area contributed by atoms with Crippen LogP contribution in [0.1, 0.15) is 48.2 Å². The van der Waals surface area contributed by atoms with Crippen LogP contribution in [0.5, 0.6) is 0 Å². The van der Waals surface area contributed by atoms with Crippen LogP contribution in [-0.4, -0.2) is 17.5 Å². The molecule has 0 saturated carbocycles. The number of aliphatic imine (C=N–C) groups is 1. The molecular weight excluding hydrogens is 371 g/mol. The lowest BCUT2D eigenvalue weighted by Gasteiger charge is -2.04. The van der Waals surface area contributed by atoms with Gasteiger partial charge < -0.3 is 11.1 Å². The number of rotatable bonds is 7. The van der Waals surface area contributed by atoms with Gasteiger partial charge in [0.15, 0.2) is 5.96 Å². The van der Waals surface area contributed by atoms with Crippen LogP contribution < -0.4 is 11.1 Å². The Bertz CT molecular complexity index is 390. The van der Waals surface area contributed by atoms with Gasteiger partial charge in [0, 0.05) is 11.4 Å². The van der Waals surface area contributed by atoms with E-state index in [1.807, 2.05) is 6.92 Å². The van der Waals surface area contributed by atoms with Gasteiger partial charge in [0.05, 0.1) is 17.2 Å². The molecule has 0 aliphatic carbocycles. The SMILES string of the molecule is CCCCCCNC(N)=NCc1nc(C)sc1C.I. The molecule has 0 aliphatic rings. The van der Waals surface area contributed by atoms with E-state index in [2.05, 4.69) is 29.1 Å². The number of nitrogens with one attached hydrogen (secondary N) is 1. The van der Waals surface area contributed by atoms with Gasteiger partial charge in [0.25, 0.3) is 0 Å². The zero-order chi connectivity index (χ0) is 13.4. The summed E-state index contributed by atoms with van der Waals surface area (Å²) in [6.07, 6.45) is 4.95. The highest BCUT2D eigenvalue weighted by Crippen LogP contribution is 2.16. The molecule has 0 radical (unpaired) electrons. The number of hydrogen-bond acceptors (Lipinski definition) is 3. The molecule has 1 aromatic heterocycles. The molecule has 0 atom stereocenters. The zero-order valence-corrected chi connectivity index (χ0v) is 15.2. The molecule has 0 bridgehead atoms. The highest BCUT2D eigenvalue weighted by atomic mass is 127. The zero-order valence-electron chi connectivity index (χ0n) is 12.0. The molecule has 0 aliphatic heterocycles. The second kappa shape index (κ2) is 10.4. The fourth-order valence-corrected chi connectivity index (χ4v) is 2.53. The van der Waals surface area contributed by atoms with Gasteiger partial charge >= 0.3 is 0 Å². The molecular formula is C13H25IN4S. The van der Waals surface area contributed by atoms with E-state index < -0.39 is 0 Å². The van der Waals surface area contributed by atoms with Gasteiger partial charge in [-0.05, 0) is 20.3 Å². The summed E-state index contributed by atoms with van der Waals surface area (Å²) < 4.78 is 0. The quantitative estimate of drug-likeness (QED) is 0.322. The molecule has 19 heavy (non-hydrogen) atoms. The number of halogens is 1. The van der Waals surface area contributed by atoms with E-state index in [1.54, 1.807) is 11.3 Å².